The fourth-order valence-corrected chi connectivity index (χ4v) is 6.54. The highest BCUT2D eigenvalue weighted by Crippen LogP contribution is 2.30. The molecule has 2 aromatic carbocycles. The van der Waals surface area contributed by atoms with Crippen LogP contribution in [0.15, 0.2) is 58.2 Å². The number of fused-ring (bicyclic) bond motifs is 1. The largest absolute Gasteiger partial charge is 0.443 e. The van der Waals surface area contributed by atoms with Crippen LogP contribution >= 0.6 is 0 Å². The van der Waals surface area contributed by atoms with E-state index in [4.69, 9.17) is 9.15 Å². The first-order chi connectivity index (χ1) is 16.4. The number of nitrogens with zero attached hydrogens (tertiary/aromatic N) is 3. The Hall–Kier alpha value is -2.75. The average molecular weight is 484 g/mol. The molecule has 34 heavy (non-hydrogen) atoms. The maximum absolute atomic E-state index is 14.0. The summed E-state index contributed by atoms with van der Waals surface area (Å²) < 4.78 is 39.2. The van der Waals surface area contributed by atoms with Crippen molar-refractivity contribution in [2.75, 3.05) is 19.8 Å². The molecule has 0 unspecified atom stereocenters. The summed E-state index contributed by atoms with van der Waals surface area (Å²) in [6, 6.07) is 11.8. The van der Waals surface area contributed by atoms with Gasteiger partial charge in [-0.05, 0) is 62.4 Å². The number of amides is 1. The van der Waals surface area contributed by atoms with E-state index in [1.165, 1.54) is 10.7 Å². The number of oxazole rings is 1. The van der Waals surface area contributed by atoms with Crippen molar-refractivity contribution < 1.29 is 22.4 Å². The first-order valence-electron chi connectivity index (χ1n) is 11.7. The van der Waals surface area contributed by atoms with Gasteiger partial charge in [0.1, 0.15) is 11.6 Å². The van der Waals surface area contributed by atoms with E-state index in [0.29, 0.717) is 44.7 Å². The zero-order valence-electron chi connectivity index (χ0n) is 19.2. The smallest absolute Gasteiger partial charge is 0.243 e. The molecule has 0 bridgehead atoms. The number of carbonyl (C=O) groups excluding carboxylic acids is 1. The maximum Gasteiger partial charge on any atom is 0.243 e. The van der Waals surface area contributed by atoms with Gasteiger partial charge in [-0.25, -0.2) is 13.4 Å². The van der Waals surface area contributed by atoms with Gasteiger partial charge in [0.15, 0.2) is 12.0 Å². The number of hydrogen-bond donors (Lipinski definition) is 0. The molecule has 1 amide bonds. The van der Waals surface area contributed by atoms with E-state index < -0.39 is 16.1 Å². The summed E-state index contributed by atoms with van der Waals surface area (Å²) in [5.74, 6) is -0.139. The zero-order valence-corrected chi connectivity index (χ0v) is 20.0. The molecule has 3 aromatic rings. The van der Waals surface area contributed by atoms with Crippen molar-refractivity contribution in [3.63, 3.8) is 0 Å². The van der Waals surface area contributed by atoms with Crippen molar-refractivity contribution in [2.24, 2.45) is 0 Å². The highest BCUT2D eigenvalue weighted by molar-refractivity contribution is 7.89. The van der Waals surface area contributed by atoms with Gasteiger partial charge in [0.25, 0.3) is 0 Å². The van der Waals surface area contributed by atoms with Gasteiger partial charge in [0.2, 0.25) is 15.9 Å². The van der Waals surface area contributed by atoms with Crippen LogP contribution < -0.4 is 0 Å². The number of aryl methyl sites for hydroxylation is 1. The molecular weight excluding hydrogens is 454 g/mol. The lowest BCUT2D eigenvalue weighted by Crippen LogP contribution is -2.51. The van der Waals surface area contributed by atoms with Crippen molar-refractivity contribution in [1.29, 1.82) is 0 Å². The van der Waals surface area contributed by atoms with E-state index in [2.05, 4.69) is 4.98 Å². The Morgan fingerprint density at radius 1 is 1.12 bits per heavy atom. The molecule has 8 nitrogen and oxygen atoms in total. The molecule has 9 heteroatoms. The molecule has 2 aliphatic rings. The van der Waals surface area contributed by atoms with E-state index in [1.807, 2.05) is 30.0 Å². The van der Waals surface area contributed by atoms with Crippen LogP contribution in [0.2, 0.25) is 0 Å². The maximum atomic E-state index is 14.0. The normalized spacial score (nSPS) is 20.1. The Balaban J connectivity index is 1.44. The second-order valence-electron chi connectivity index (χ2n) is 9.05. The van der Waals surface area contributed by atoms with Gasteiger partial charge in [0.05, 0.1) is 4.90 Å². The van der Waals surface area contributed by atoms with Crippen LogP contribution in [-0.2, 0) is 26.1 Å². The highest BCUT2D eigenvalue weighted by Gasteiger charge is 2.42. The van der Waals surface area contributed by atoms with Crippen LogP contribution in [0.5, 0.6) is 0 Å². The number of carbonyl (C=O) groups is 1. The Labute approximate surface area is 199 Å². The fraction of sp³-hybridized carbons (Fsp3) is 0.440. The van der Waals surface area contributed by atoms with Gasteiger partial charge >= 0.3 is 0 Å². The minimum absolute atomic E-state index is 0.00113. The van der Waals surface area contributed by atoms with Crippen molar-refractivity contribution in [3.8, 4) is 0 Å². The third kappa shape index (κ3) is 4.47. The van der Waals surface area contributed by atoms with E-state index >= 15 is 0 Å². The molecular formula is C25H29N3O5S. The molecule has 0 radical (unpaired) electrons. The molecule has 2 aliphatic heterocycles. The van der Waals surface area contributed by atoms with Gasteiger partial charge in [-0.15, -0.1) is 0 Å². The van der Waals surface area contributed by atoms with Crippen molar-refractivity contribution in [1.82, 2.24) is 14.2 Å². The summed E-state index contributed by atoms with van der Waals surface area (Å²) in [4.78, 5) is 20.3. The summed E-state index contributed by atoms with van der Waals surface area (Å²) in [5, 5.41) is 0. The molecule has 3 heterocycles. The lowest BCUT2D eigenvalue weighted by Gasteiger charge is -2.37. The summed E-state index contributed by atoms with van der Waals surface area (Å²) in [7, 11) is -3.77. The zero-order chi connectivity index (χ0) is 23.7. The SMILES string of the molecule is Cc1ccc(S(=O)(=O)N2CCC[C@H]2C(=O)N(Cc2ccc3ocnc3c2)C2CCOCC2)cc1. The molecule has 0 aliphatic carbocycles. The van der Waals surface area contributed by atoms with Gasteiger partial charge in [0, 0.05) is 32.3 Å². The molecule has 1 atom stereocenters. The van der Waals surface area contributed by atoms with Crippen LogP contribution in [0.1, 0.15) is 36.8 Å². The Morgan fingerprint density at radius 2 is 1.88 bits per heavy atom. The van der Waals surface area contributed by atoms with Crippen LogP contribution in [-0.4, -0.2) is 60.4 Å². The van der Waals surface area contributed by atoms with Gasteiger partial charge < -0.3 is 14.1 Å². The molecule has 0 N–H and O–H groups in total. The van der Waals surface area contributed by atoms with E-state index in [-0.39, 0.29) is 16.8 Å². The van der Waals surface area contributed by atoms with Crippen LogP contribution in [0, 0.1) is 6.92 Å². The second-order valence-corrected chi connectivity index (χ2v) is 10.9. The predicted molar refractivity (Wildman–Crippen MR) is 126 cm³/mol. The number of benzene rings is 2. The van der Waals surface area contributed by atoms with Crippen molar-refractivity contribution >= 4 is 27.0 Å². The minimum atomic E-state index is -3.77. The van der Waals surface area contributed by atoms with Crippen molar-refractivity contribution in [2.45, 2.75) is 56.1 Å². The number of sulfonamides is 1. The predicted octanol–water partition coefficient (Wildman–Crippen LogP) is 3.50. The highest BCUT2D eigenvalue weighted by atomic mass is 32.2. The van der Waals surface area contributed by atoms with Crippen LogP contribution in [0.3, 0.4) is 0 Å². The van der Waals surface area contributed by atoms with Crippen molar-refractivity contribution in [3.05, 3.63) is 60.0 Å². The standard InChI is InChI=1S/C25H29N3O5S/c1-18-4-7-21(8-5-18)34(30,31)28-12-2-3-23(28)25(29)27(20-10-13-32-14-11-20)16-19-6-9-24-22(15-19)26-17-33-24/h4-9,15,17,20,23H,2-3,10-14,16H2,1H3/t23-/m0/s1. The first-order valence-corrected chi connectivity index (χ1v) is 13.2. The third-order valence-electron chi connectivity index (χ3n) is 6.78. The van der Waals surface area contributed by atoms with E-state index in [9.17, 15) is 13.2 Å². The molecule has 2 fully saturated rings. The Morgan fingerprint density at radius 3 is 2.65 bits per heavy atom. The second kappa shape index (κ2) is 9.48. The van der Waals surface area contributed by atoms with Gasteiger partial charge in [-0.1, -0.05) is 23.8 Å². The molecule has 1 aromatic heterocycles. The summed E-state index contributed by atoms with van der Waals surface area (Å²) in [6.45, 7) is 3.83. The van der Waals surface area contributed by atoms with E-state index in [0.717, 1.165) is 29.5 Å². The number of aromatic nitrogens is 1. The topological polar surface area (TPSA) is 93.0 Å². The van der Waals surface area contributed by atoms with Gasteiger partial charge in [-0.3, -0.25) is 4.79 Å². The lowest BCUT2D eigenvalue weighted by molar-refractivity contribution is -0.139. The number of hydrogen-bond acceptors (Lipinski definition) is 6. The quantitative estimate of drug-likeness (QED) is 0.533. The Kier molecular flexibility index (Phi) is 6.42. The fourth-order valence-electron chi connectivity index (χ4n) is 4.89. The third-order valence-corrected chi connectivity index (χ3v) is 8.70. The monoisotopic (exact) mass is 483 g/mol. The van der Waals surface area contributed by atoms with Gasteiger partial charge in [-0.2, -0.15) is 4.31 Å². The van der Waals surface area contributed by atoms with Crippen LogP contribution in [0.4, 0.5) is 0 Å². The Bertz CT molecular complexity index is 1270. The first kappa shape index (κ1) is 23.0. The molecule has 2 saturated heterocycles. The molecule has 5 rings (SSSR count). The van der Waals surface area contributed by atoms with Crippen LogP contribution in [0.25, 0.3) is 11.1 Å². The minimum Gasteiger partial charge on any atom is -0.443 e. The summed E-state index contributed by atoms with van der Waals surface area (Å²) in [6.07, 6.45) is 4.05. The number of rotatable bonds is 6. The number of ether oxygens (including phenoxy) is 1. The lowest BCUT2D eigenvalue weighted by atomic mass is 10.0. The summed E-state index contributed by atoms with van der Waals surface area (Å²) >= 11 is 0. The molecule has 0 spiro atoms. The van der Waals surface area contributed by atoms with E-state index in [1.54, 1.807) is 24.3 Å². The molecule has 180 valence electrons. The average Bonchev–Trinajstić information content (AvgIpc) is 3.53. The molecule has 0 saturated carbocycles. The summed E-state index contributed by atoms with van der Waals surface area (Å²) in [5.41, 5.74) is 3.36.